The molecule has 0 unspecified atom stereocenters. The minimum atomic E-state index is -0.343. The lowest BCUT2D eigenvalue weighted by Gasteiger charge is -2.00. The van der Waals surface area contributed by atoms with E-state index in [-0.39, 0.29) is 5.97 Å². The van der Waals surface area contributed by atoms with E-state index in [1.807, 2.05) is 19.1 Å². The maximum atomic E-state index is 11.6. The van der Waals surface area contributed by atoms with Crippen LogP contribution in [0.4, 0.5) is 0 Å². The molecule has 2 aromatic rings. The zero-order chi connectivity index (χ0) is 11.5. The fourth-order valence-electron chi connectivity index (χ4n) is 1.32. The molecule has 0 radical (unpaired) electrons. The predicted octanol–water partition coefficient (Wildman–Crippen LogP) is 3.36. The summed E-state index contributed by atoms with van der Waals surface area (Å²) in [7, 11) is 0. The maximum absolute atomic E-state index is 11.6. The molecule has 0 N–H and O–H groups in total. The van der Waals surface area contributed by atoms with Crippen LogP contribution in [0.25, 0.3) is 9.75 Å². The van der Waals surface area contributed by atoms with Gasteiger partial charge in [-0.2, -0.15) is 0 Å². The van der Waals surface area contributed by atoms with Gasteiger partial charge < -0.3 is 4.74 Å². The third kappa shape index (κ3) is 2.15. The number of aryl methyl sites for hydroxylation is 1. The smallest absolute Gasteiger partial charge is 0.358 e. The van der Waals surface area contributed by atoms with E-state index in [1.54, 1.807) is 23.8 Å². The van der Waals surface area contributed by atoms with Crippen molar-refractivity contribution in [3.05, 3.63) is 28.2 Å². The average molecular weight is 253 g/mol. The van der Waals surface area contributed by atoms with Crippen LogP contribution in [0.2, 0.25) is 0 Å². The second kappa shape index (κ2) is 4.76. The van der Waals surface area contributed by atoms with E-state index < -0.39 is 0 Å². The number of hydrogen-bond donors (Lipinski definition) is 0. The van der Waals surface area contributed by atoms with Crippen molar-refractivity contribution in [2.24, 2.45) is 0 Å². The first-order chi connectivity index (χ1) is 7.72. The lowest BCUT2D eigenvalue weighted by atomic mass is 10.3. The van der Waals surface area contributed by atoms with Gasteiger partial charge in [0, 0.05) is 9.75 Å². The highest BCUT2D eigenvalue weighted by atomic mass is 32.1. The lowest BCUT2D eigenvalue weighted by Crippen LogP contribution is -2.05. The van der Waals surface area contributed by atoms with Gasteiger partial charge in [0.1, 0.15) is 0 Å². The van der Waals surface area contributed by atoms with E-state index in [1.165, 1.54) is 16.2 Å². The van der Waals surface area contributed by atoms with Gasteiger partial charge in [0.25, 0.3) is 0 Å². The zero-order valence-electron chi connectivity index (χ0n) is 9.02. The van der Waals surface area contributed by atoms with Crippen LogP contribution in [0.5, 0.6) is 0 Å². The summed E-state index contributed by atoms with van der Waals surface area (Å²) in [6.07, 6.45) is 0. The maximum Gasteiger partial charge on any atom is 0.358 e. The molecule has 0 saturated carbocycles. The molecule has 16 heavy (non-hydrogen) atoms. The molecule has 0 aliphatic rings. The Labute approximate surface area is 102 Å². The van der Waals surface area contributed by atoms with E-state index >= 15 is 0 Å². The van der Waals surface area contributed by atoms with Gasteiger partial charge in [-0.1, -0.05) is 0 Å². The van der Waals surface area contributed by atoms with E-state index in [9.17, 15) is 4.79 Å². The first kappa shape index (κ1) is 11.3. The Bertz CT molecular complexity index is 502. The molecule has 0 amide bonds. The molecular weight excluding hydrogens is 242 g/mol. The number of rotatable bonds is 3. The van der Waals surface area contributed by atoms with Crippen LogP contribution in [-0.4, -0.2) is 17.6 Å². The number of thiophene rings is 1. The first-order valence-electron chi connectivity index (χ1n) is 4.89. The Balaban J connectivity index is 2.36. The van der Waals surface area contributed by atoms with Crippen molar-refractivity contribution in [2.45, 2.75) is 13.8 Å². The molecule has 0 atom stereocenters. The molecule has 0 bridgehead atoms. The highest BCUT2D eigenvalue weighted by molar-refractivity contribution is 7.21. The lowest BCUT2D eigenvalue weighted by molar-refractivity contribution is 0.0521. The average Bonchev–Trinajstić information content (AvgIpc) is 2.85. The van der Waals surface area contributed by atoms with Crippen LogP contribution >= 0.6 is 22.7 Å². The number of carbonyl (C=O) groups excluding carboxylic acids is 1. The van der Waals surface area contributed by atoms with Crippen molar-refractivity contribution in [3.63, 3.8) is 0 Å². The summed E-state index contributed by atoms with van der Waals surface area (Å²) in [5.74, 6) is -0.343. The molecule has 0 fully saturated rings. The fourth-order valence-corrected chi connectivity index (χ4v) is 3.10. The van der Waals surface area contributed by atoms with Gasteiger partial charge in [-0.05, 0) is 26.0 Å². The van der Waals surface area contributed by atoms with Crippen molar-refractivity contribution in [1.29, 1.82) is 0 Å². The van der Waals surface area contributed by atoms with Gasteiger partial charge in [-0.25, -0.2) is 9.78 Å². The van der Waals surface area contributed by atoms with Gasteiger partial charge in [-0.3, -0.25) is 0 Å². The van der Waals surface area contributed by atoms with Gasteiger partial charge in [0.15, 0.2) is 5.69 Å². The number of ether oxygens (including phenoxy) is 1. The molecule has 0 aliphatic carbocycles. The molecule has 0 saturated heterocycles. The molecule has 0 aromatic carbocycles. The van der Waals surface area contributed by atoms with Gasteiger partial charge in [0.05, 0.1) is 17.0 Å². The normalized spacial score (nSPS) is 10.4. The fraction of sp³-hybridized carbons (Fsp3) is 0.273. The Morgan fingerprint density at radius 1 is 1.50 bits per heavy atom. The number of thiazole rings is 1. The third-order valence-electron chi connectivity index (χ3n) is 2.00. The van der Waals surface area contributed by atoms with E-state index in [0.717, 1.165) is 9.75 Å². The largest absolute Gasteiger partial charge is 0.461 e. The van der Waals surface area contributed by atoms with Crippen LogP contribution in [0.3, 0.4) is 0 Å². The summed E-state index contributed by atoms with van der Waals surface area (Å²) < 4.78 is 4.97. The Hall–Kier alpha value is -1.20. The molecule has 3 nitrogen and oxygen atoms in total. The minimum Gasteiger partial charge on any atom is -0.461 e. The van der Waals surface area contributed by atoms with Crippen molar-refractivity contribution in [3.8, 4) is 9.75 Å². The molecule has 0 spiro atoms. The Morgan fingerprint density at radius 2 is 2.31 bits per heavy atom. The van der Waals surface area contributed by atoms with Crippen LogP contribution < -0.4 is 0 Å². The highest BCUT2D eigenvalue weighted by Gasteiger charge is 2.18. The molecule has 2 aromatic heterocycles. The van der Waals surface area contributed by atoms with Crippen molar-refractivity contribution in [1.82, 2.24) is 4.98 Å². The summed E-state index contributed by atoms with van der Waals surface area (Å²) in [5, 5.41) is 0. The summed E-state index contributed by atoms with van der Waals surface area (Å²) in [4.78, 5) is 18.9. The van der Waals surface area contributed by atoms with E-state index in [0.29, 0.717) is 12.3 Å². The zero-order valence-corrected chi connectivity index (χ0v) is 10.7. The molecular formula is C11H11NO2S2. The third-order valence-corrected chi connectivity index (χ3v) is 4.01. The molecule has 2 heterocycles. The summed E-state index contributed by atoms with van der Waals surface area (Å²) in [6.45, 7) is 4.21. The number of carbonyl (C=O) groups is 1. The number of esters is 1. The highest BCUT2D eigenvalue weighted by Crippen LogP contribution is 2.33. The summed E-state index contributed by atoms with van der Waals surface area (Å²) >= 11 is 3.13. The Morgan fingerprint density at radius 3 is 2.94 bits per heavy atom. The summed E-state index contributed by atoms with van der Waals surface area (Å²) in [5.41, 5.74) is 2.10. The minimum absolute atomic E-state index is 0.343. The monoisotopic (exact) mass is 253 g/mol. The topological polar surface area (TPSA) is 39.2 Å². The van der Waals surface area contributed by atoms with Gasteiger partial charge in [-0.15, -0.1) is 22.7 Å². The quantitative estimate of drug-likeness (QED) is 0.787. The second-order valence-electron chi connectivity index (χ2n) is 3.16. The van der Waals surface area contributed by atoms with Crippen molar-refractivity contribution < 1.29 is 9.53 Å². The van der Waals surface area contributed by atoms with E-state index in [4.69, 9.17) is 4.74 Å². The molecule has 0 aliphatic heterocycles. The summed E-state index contributed by atoms with van der Waals surface area (Å²) in [6, 6.07) is 4.05. The van der Waals surface area contributed by atoms with Gasteiger partial charge >= 0.3 is 5.97 Å². The number of aromatic nitrogens is 1. The molecule has 5 heteroatoms. The van der Waals surface area contributed by atoms with Crippen LogP contribution in [0.15, 0.2) is 17.6 Å². The number of nitrogens with zero attached hydrogens (tertiary/aromatic N) is 1. The van der Waals surface area contributed by atoms with Crippen LogP contribution in [0.1, 0.15) is 22.3 Å². The Kier molecular flexibility index (Phi) is 3.36. The first-order valence-corrected chi connectivity index (χ1v) is 6.59. The van der Waals surface area contributed by atoms with Crippen molar-refractivity contribution >= 4 is 28.6 Å². The van der Waals surface area contributed by atoms with Crippen LogP contribution in [-0.2, 0) is 4.74 Å². The van der Waals surface area contributed by atoms with E-state index in [2.05, 4.69) is 4.98 Å². The molecule has 84 valence electrons. The molecule has 2 rings (SSSR count). The second-order valence-corrected chi connectivity index (χ2v) is 5.30. The SMILES string of the molecule is CCOC(=O)c1ncsc1-c1ccc(C)s1. The number of hydrogen-bond acceptors (Lipinski definition) is 5. The van der Waals surface area contributed by atoms with Crippen molar-refractivity contribution in [2.75, 3.05) is 6.61 Å². The predicted molar refractivity (Wildman–Crippen MR) is 66.1 cm³/mol. The van der Waals surface area contributed by atoms with Gasteiger partial charge in [0.2, 0.25) is 0 Å². The standard InChI is InChI=1S/C11H11NO2S2/c1-3-14-11(13)9-10(15-6-12-9)8-5-4-7(2)16-8/h4-6H,3H2,1-2H3. The van der Waals surface area contributed by atoms with Crippen LogP contribution in [0, 0.1) is 6.92 Å².